The number of aromatic amines is 1. The molecule has 2 aromatic heterocycles. The first-order valence-corrected chi connectivity index (χ1v) is 8.31. The minimum absolute atomic E-state index is 0.00533. The number of nitrogens with zero attached hydrogens (tertiary/aromatic N) is 6. The zero-order valence-corrected chi connectivity index (χ0v) is 14.6. The van der Waals surface area contributed by atoms with Gasteiger partial charge in [0.1, 0.15) is 5.82 Å². The largest absolute Gasteiger partial charge is 0.325 e. The number of likely N-dealkylation sites (N-methyl/N-ethyl adjacent to an activating group) is 1. The minimum atomic E-state index is 0.00533. The van der Waals surface area contributed by atoms with Crippen LogP contribution in [0.2, 0.25) is 0 Å². The summed E-state index contributed by atoms with van der Waals surface area (Å²) in [5.41, 5.74) is 1.53. The van der Waals surface area contributed by atoms with Gasteiger partial charge in [-0.2, -0.15) is 5.10 Å². The van der Waals surface area contributed by atoms with Crippen LogP contribution in [0.25, 0.3) is 10.9 Å². The summed E-state index contributed by atoms with van der Waals surface area (Å²) in [6, 6.07) is 5.72. The fraction of sp³-hybridized carbons (Fsp3) is 0.412. The Hall–Kier alpha value is -2.74. The first kappa shape index (κ1) is 15.8. The number of aryl methyl sites for hydroxylation is 1. The third-order valence-corrected chi connectivity index (χ3v) is 4.71. The number of amides is 1. The van der Waals surface area contributed by atoms with Gasteiger partial charge in [-0.1, -0.05) is 6.07 Å². The van der Waals surface area contributed by atoms with Crippen molar-refractivity contribution in [3.8, 4) is 0 Å². The molecule has 0 saturated carbocycles. The molecule has 3 heterocycles. The molecule has 1 amide bonds. The van der Waals surface area contributed by atoms with Crippen LogP contribution in [0.15, 0.2) is 24.4 Å². The monoisotopic (exact) mass is 339 g/mol. The molecule has 25 heavy (non-hydrogen) atoms. The number of aromatic nitrogens is 5. The van der Waals surface area contributed by atoms with Crippen LogP contribution in [-0.2, 0) is 13.1 Å². The molecule has 130 valence electrons. The first-order valence-electron chi connectivity index (χ1n) is 8.31. The van der Waals surface area contributed by atoms with E-state index in [4.69, 9.17) is 0 Å². The number of nitrogens with one attached hydrogen (secondary N) is 1. The summed E-state index contributed by atoms with van der Waals surface area (Å²) < 4.78 is 2.11. The fourth-order valence-electron chi connectivity index (χ4n) is 3.49. The lowest BCUT2D eigenvalue weighted by atomic mass is 10.1. The van der Waals surface area contributed by atoms with Crippen molar-refractivity contribution in [3.05, 3.63) is 41.6 Å². The number of carbonyl (C=O) groups excluding carboxylic acids is 1. The van der Waals surface area contributed by atoms with Crippen LogP contribution in [0.4, 0.5) is 0 Å². The maximum absolute atomic E-state index is 13.3. The van der Waals surface area contributed by atoms with Gasteiger partial charge in [-0.15, -0.1) is 10.2 Å². The second-order valence-corrected chi connectivity index (χ2v) is 6.76. The summed E-state index contributed by atoms with van der Waals surface area (Å²) in [5, 5.41) is 16.2. The molecule has 0 fully saturated rings. The van der Waals surface area contributed by atoms with Gasteiger partial charge in [-0.05, 0) is 33.2 Å². The van der Waals surface area contributed by atoms with Crippen molar-refractivity contribution in [2.45, 2.75) is 26.1 Å². The average Bonchev–Trinajstić information content (AvgIpc) is 3.20. The van der Waals surface area contributed by atoms with E-state index in [-0.39, 0.29) is 11.9 Å². The maximum Gasteiger partial charge on any atom is 0.255 e. The van der Waals surface area contributed by atoms with E-state index in [1.807, 2.05) is 44.1 Å². The predicted octanol–water partition coefficient (Wildman–Crippen LogP) is 1.05. The summed E-state index contributed by atoms with van der Waals surface area (Å²) >= 11 is 0. The first-order chi connectivity index (χ1) is 12.0. The average molecular weight is 339 g/mol. The van der Waals surface area contributed by atoms with E-state index in [0.717, 1.165) is 29.1 Å². The van der Waals surface area contributed by atoms with E-state index >= 15 is 0 Å². The van der Waals surface area contributed by atoms with Gasteiger partial charge in [0.2, 0.25) is 0 Å². The van der Waals surface area contributed by atoms with E-state index in [9.17, 15) is 4.79 Å². The highest BCUT2D eigenvalue weighted by Gasteiger charge is 2.33. The summed E-state index contributed by atoms with van der Waals surface area (Å²) in [7, 11) is 4.04. The molecule has 1 unspecified atom stereocenters. The van der Waals surface area contributed by atoms with Gasteiger partial charge in [0.05, 0.1) is 29.9 Å². The van der Waals surface area contributed by atoms with Gasteiger partial charge < -0.3 is 14.4 Å². The minimum Gasteiger partial charge on any atom is -0.325 e. The molecule has 1 aliphatic rings. The smallest absolute Gasteiger partial charge is 0.255 e. The molecule has 8 nitrogen and oxygen atoms in total. The van der Waals surface area contributed by atoms with Crippen molar-refractivity contribution in [2.75, 3.05) is 20.6 Å². The van der Waals surface area contributed by atoms with Gasteiger partial charge in [0, 0.05) is 18.5 Å². The molecule has 1 aliphatic heterocycles. The molecular formula is C17H21N7O. The number of benzene rings is 1. The molecule has 4 rings (SSSR count). The highest BCUT2D eigenvalue weighted by atomic mass is 16.2. The second kappa shape index (κ2) is 5.96. The van der Waals surface area contributed by atoms with E-state index in [2.05, 4.69) is 29.9 Å². The van der Waals surface area contributed by atoms with Crippen molar-refractivity contribution < 1.29 is 4.79 Å². The van der Waals surface area contributed by atoms with Crippen LogP contribution in [0.5, 0.6) is 0 Å². The normalized spacial score (nSPS) is 17.3. The van der Waals surface area contributed by atoms with Crippen LogP contribution < -0.4 is 0 Å². The molecule has 1 atom stereocenters. The zero-order chi connectivity index (χ0) is 17.6. The molecule has 1 aromatic carbocycles. The summed E-state index contributed by atoms with van der Waals surface area (Å²) in [5.74, 6) is 1.73. The Morgan fingerprint density at radius 2 is 2.20 bits per heavy atom. The highest BCUT2D eigenvalue weighted by Crippen LogP contribution is 2.24. The summed E-state index contributed by atoms with van der Waals surface area (Å²) in [6.07, 6.45) is 1.71. The lowest BCUT2D eigenvalue weighted by molar-refractivity contribution is 0.0545. The Labute approximate surface area is 145 Å². The SMILES string of the molecule is Cc1nnc2n1CC(CN(C)C)N(C(=O)c1cccc3[nH]ncc13)C2. The molecule has 0 aliphatic carbocycles. The van der Waals surface area contributed by atoms with Gasteiger partial charge in [-0.3, -0.25) is 9.89 Å². The third kappa shape index (κ3) is 2.68. The summed E-state index contributed by atoms with van der Waals surface area (Å²) in [4.78, 5) is 17.3. The van der Waals surface area contributed by atoms with Crippen molar-refractivity contribution in [3.63, 3.8) is 0 Å². The van der Waals surface area contributed by atoms with Crippen LogP contribution in [0.1, 0.15) is 22.0 Å². The Morgan fingerprint density at radius 1 is 1.36 bits per heavy atom. The number of rotatable bonds is 3. The molecule has 0 saturated heterocycles. The van der Waals surface area contributed by atoms with Crippen LogP contribution >= 0.6 is 0 Å². The van der Waals surface area contributed by atoms with Gasteiger partial charge in [0.15, 0.2) is 5.82 Å². The molecule has 1 N–H and O–H groups in total. The quantitative estimate of drug-likeness (QED) is 0.771. The standard InChI is InChI=1S/C17H21N7O/c1-11-19-21-16-10-24(12(8-22(2)3)9-23(11)16)17(25)13-5-4-6-15-14(13)7-18-20-15/h4-7,12H,8-10H2,1-3H3,(H,18,20). The highest BCUT2D eigenvalue weighted by molar-refractivity contribution is 6.06. The number of hydrogen-bond acceptors (Lipinski definition) is 5. The molecule has 3 aromatic rings. The van der Waals surface area contributed by atoms with Gasteiger partial charge >= 0.3 is 0 Å². The Kier molecular flexibility index (Phi) is 3.76. The summed E-state index contributed by atoms with van der Waals surface area (Å²) in [6.45, 7) is 3.91. The van der Waals surface area contributed by atoms with Gasteiger partial charge in [-0.25, -0.2) is 0 Å². The topological polar surface area (TPSA) is 82.9 Å². The van der Waals surface area contributed by atoms with E-state index < -0.39 is 0 Å². The maximum atomic E-state index is 13.3. The van der Waals surface area contributed by atoms with Crippen LogP contribution in [0, 0.1) is 6.92 Å². The lowest BCUT2D eigenvalue weighted by Crippen LogP contribution is -2.51. The molecule has 0 bridgehead atoms. The Bertz CT molecular complexity index is 926. The molecular weight excluding hydrogens is 318 g/mol. The number of hydrogen-bond donors (Lipinski definition) is 1. The van der Waals surface area contributed by atoms with Crippen LogP contribution in [0.3, 0.4) is 0 Å². The Balaban J connectivity index is 1.73. The van der Waals surface area contributed by atoms with Gasteiger partial charge in [0.25, 0.3) is 5.91 Å². The van der Waals surface area contributed by atoms with Crippen molar-refractivity contribution >= 4 is 16.8 Å². The molecule has 0 radical (unpaired) electrons. The molecule has 0 spiro atoms. The third-order valence-electron chi connectivity index (χ3n) is 4.71. The van der Waals surface area contributed by atoms with Crippen molar-refractivity contribution in [1.29, 1.82) is 0 Å². The van der Waals surface area contributed by atoms with E-state index in [1.165, 1.54) is 0 Å². The molecule has 8 heteroatoms. The number of H-pyrrole nitrogens is 1. The van der Waals surface area contributed by atoms with Crippen LogP contribution in [-0.4, -0.2) is 67.4 Å². The Morgan fingerprint density at radius 3 is 3.00 bits per heavy atom. The zero-order valence-electron chi connectivity index (χ0n) is 14.6. The lowest BCUT2D eigenvalue weighted by Gasteiger charge is -2.37. The van der Waals surface area contributed by atoms with E-state index in [0.29, 0.717) is 18.7 Å². The predicted molar refractivity (Wildman–Crippen MR) is 93.1 cm³/mol. The number of carbonyl (C=O) groups is 1. The fourth-order valence-corrected chi connectivity index (χ4v) is 3.49. The van der Waals surface area contributed by atoms with Crippen molar-refractivity contribution in [2.24, 2.45) is 0 Å². The number of fused-ring (bicyclic) bond motifs is 2. The van der Waals surface area contributed by atoms with Crippen molar-refractivity contribution in [1.82, 2.24) is 34.8 Å². The van der Waals surface area contributed by atoms with E-state index in [1.54, 1.807) is 6.20 Å². The second-order valence-electron chi connectivity index (χ2n) is 6.76.